The molecular formula is C16H18N2O2. The molecule has 0 aliphatic rings. The molecule has 2 aromatic rings. The lowest BCUT2D eigenvalue weighted by atomic mass is 10.1. The summed E-state index contributed by atoms with van der Waals surface area (Å²) in [5.41, 5.74) is 6.83. The summed E-state index contributed by atoms with van der Waals surface area (Å²) in [6.07, 6.45) is 0. The fourth-order valence-electron chi connectivity index (χ4n) is 1.90. The molecule has 0 bridgehead atoms. The van der Waals surface area contributed by atoms with Crippen LogP contribution in [-0.2, 0) is 0 Å². The first-order valence-electron chi connectivity index (χ1n) is 6.45. The Morgan fingerprint density at radius 1 is 1.20 bits per heavy atom. The quantitative estimate of drug-likeness (QED) is 0.878. The maximum Gasteiger partial charge on any atom is 0.252 e. The zero-order valence-electron chi connectivity index (χ0n) is 11.6. The third-order valence-electron chi connectivity index (χ3n) is 3.17. The van der Waals surface area contributed by atoms with Gasteiger partial charge in [0.15, 0.2) is 0 Å². The molecule has 1 atom stereocenters. The summed E-state index contributed by atoms with van der Waals surface area (Å²) in [5, 5.41) is 3.17. The number of primary amides is 1. The number of hydrogen-bond donors (Lipinski definition) is 2. The van der Waals surface area contributed by atoms with Gasteiger partial charge in [-0.1, -0.05) is 24.3 Å². The van der Waals surface area contributed by atoms with Crippen LogP contribution in [0.5, 0.6) is 11.5 Å². The van der Waals surface area contributed by atoms with Crippen molar-refractivity contribution in [3.05, 3.63) is 59.7 Å². The molecule has 1 unspecified atom stereocenters. The molecule has 0 fully saturated rings. The van der Waals surface area contributed by atoms with E-state index in [0.29, 0.717) is 17.1 Å². The molecule has 0 saturated heterocycles. The molecule has 0 heterocycles. The molecule has 0 aromatic heterocycles. The molecule has 1 amide bonds. The summed E-state index contributed by atoms with van der Waals surface area (Å²) in [5.74, 6) is 0.646. The molecule has 3 N–H and O–H groups in total. The highest BCUT2D eigenvalue weighted by Crippen LogP contribution is 2.27. The maximum atomic E-state index is 11.4. The van der Waals surface area contributed by atoms with E-state index in [4.69, 9.17) is 10.5 Å². The van der Waals surface area contributed by atoms with E-state index in [1.165, 1.54) is 0 Å². The summed E-state index contributed by atoms with van der Waals surface area (Å²) in [4.78, 5) is 11.4. The van der Waals surface area contributed by atoms with Crippen LogP contribution in [0.15, 0.2) is 48.5 Å². The van der Waals surface area contributed by atoms with Crippen molar-refractivity contribution in [1.82, 2.24) is 5.32 Å². The summed E-state index contributed by atoms with van der Waals surface area (Å²) in [7, 11) is 1.90. The van der Waals surface area contributed by atoms with Gasteiger partial charge in [0.05, 0.1) is 5.56 Å². The molecular weight excluding hydrogens is 252 g/mol. The molecule has 2 aromatic carbocycles. The SMILES string of the molecule is CNC(C)c1cccc(Oc2ccccc2C(N)=O)c1. The molecule has 2 rings (SSSR count). The molecule has 0 aliphatic carbocycles. The van der Waals surface area contributed by atoms with Crippen LogP contribution >= 0.6 is 0 Å². The molecule has 0 radical (unpaired) electrons. The van der Waals surface area contributed by atoms with Crippen molar-refractivity contribution in [3.63, 3.8) is 0 Å². The average Bonchev–Trinajstić information content (AvgIpc) is 2.47. The molecule has 4 nitrogen and oxygen atoms in total. The minimum Gasteiger partial charge on any atom is -0.457 e. The second-order valence-corrected chi connectivity index (χ2v) is 4.55. The second-order valence-electron chi connectivity index (χ2n) is 4.55. The number of para-hydroxylation sites is 1. The van der Waals surface area contributed by atoms with Crippen LogP contribution in [0.4, 0.5) is 0 Å². The van der Waals surface area contributed by atoms with Crippen LogP contribution in [0.2, 0.25) is 0 Å². The van der Waals surface area contributed by atoms with E-state index in [0.717, 1.165) is 5.56 Å². The lowest BCUT2D eigenvalue weighted by molar-refractivity contribution is 0.0998. The Hall–Kier alpha value is -2.33. The van der Waals surface area contributed by atoms with Gasteiger partial charge in [0.1, 0.15) is 11.5 Å². The highest BCUT2D eigenvalue weighted by Gasteiger charge is 2.10. The minimum atomic E-state index is -0.500. The van der Waals surface area contributed by atoms with Gasteiger partial charge in [0.25, 0.3) is 5.91 Å². The van der Waals surface area contributed by atoms with Crippen molar-refractivity contribution in [1.29, 1.82) is 0 Å². The maximum absolute atomic E-state index is 11.4. The van der Waals surface area contributed by atoms with Gasteiger partial charge < -0.3 is 15.8 Å². The van der Waals surface area contributed by atoms with Gasteiger partial charge in [-0.15, -0.1) is 0 Å². The molecule has 0 spiro atoms. The minimum absolute atomic E-state index is 0.227. The van der Waals surface area contributed by atoms with Crippen LogP contribution in [0.25, 0.3) is 0 Å². The standard InChI is InChI=1S/C16H18N2O2/c1-11(18-2)12-6-5-7-13(10-12)20-15-9-4-3-8-14(15)16(17)19/h3-11,18H,1-2H3,(H2,17,19). The predicted molar refractivity (Wildman–Crippen MR) is 79.0 cm³/mol. The van der Waals surface area contributed by atoms with Crippen LogP contribution in [0.3, 0.4) is 0 Å². The Balaban J connectivity index is 2.29. The summed E-state index contributed by atoms with van der Waals surface area (Å²) in [6, 6.07) is 14.9. The van der Waals surface area contributed by atoms with Crippen molar-refractivity contribution in [3.8, 4) is 11.5 Å². The summed E-state index contributed by atoms with van der Waals surface area (Å²) < 4.78 is 5.78. The van der Waals surface area contributed by atoms with Gasteiger partial charge in [0.2, 0.25) is 0 Å². The number of nitrogens with one attached hydrogen (secondary N) is 1. The Bertz CT molecular complexity index is 611. The Kier molecular flexibility index (Phi) is 4.38. The predicted octanol–water partition coefficient (Wildman–Crippen LogP) is 2.86. The van der Waals surface area contributed by atoms with E-state index in [-0.39, 0.29) is 6.04 Å². The molecule has 4 heteroatoms. The number of carbonyl (C=O) groups is 1. The monoisotopic (exact) mass is 270 g/mol. The van der Waals surface area contributed by atoms with Gasteiger partial charge in [-0.2, -0.15) is 0 Å². The van der Waals surface area contributed by atoms with Crippen molar-refractivity contribution in [2.45, 2.75) is 13.0 Å². The number of ether oxygens (including phenoxy) is 1. The van der Waals surface area contributed by atoms with E-state index >= 15 is 0 Å². The van der Waals surface area contributed by atoms with Crippen LogP contribution < -0.4 is 15.8 Å². The zero-order chi connectivity index (χ0) is 14.5. The normalized spacial score (nSPS) is 11.9. The van der Waals surface area contributed by atoms with E-state index in [9.17, 15) is 4.79 Å². The highest BCUT2D eigenvalue weighted by molar-refractivity contribution is 5.95. The van der Waals surface area contributed by atoms with Crippen LogP contribution in [-0.4, -0.2) is 13.0 Å². The van der Waals surface area contributed by atoms with Crippen molar-refractivity contribution < 1.29 is 9.53 Å². The summed E-state index contributed by atoms with van der Waals surface area (Å²) >= 11 is 0. The van der Waals surface area contributed by atoms with E-state index in [2.05, 4.69) is 12.2 Å². The third-order valence-corrected chi connectivity index (χ3v) is 3.17. The number of hydrogen-bond acceptors (Lipinski definition) is 3. The van der Waals surface area contributed by atoms with Crippen LogP contribution in [0, 0.1) is 0 Å². The van der Waals surface area contributed by atoms with Gasteiger partial charge in [0, 0.05) is 6.04 Å². The molecule has 0 aliphatic heterocycles. The number of nitrogens with two attached hydrogens (primary N) is 1. The van der Waals surface area contributed by atoms with Crippen molar-refractivity contribution in [2.24, 2.45) is 5.73 Å². The first-order valence-corrected chi connectivity index (χ1v) is 6.45. The van der Waals surface area contributed by atoms with E-state index < -0.39 is 5.91 Å². The second kappa shape index (κ2) is 6.21. The average molecular weight is 270 g/mol. The fraction of sp³-hybridized carbons (Fsp3) is 0.188. The summed E-state index contributed by atoms with van der Waals surface area (Å²) in [6.45, 7) is 2.07. The van der Waals surface area contributed by atoms with Gasteiger partial charge in [-0.25, -0.2) is 0 Å². The van der Waals surface area contributed by atoms with Crippen molar-refractivity contribution in [2.75, 3.05) is 7.05 Å². The number of amides is 1. The number of rotatable bonds is 5. The number of carbonyl (C=O) groups excluding carboxylic acids is 1. The highest BCUT2D eigenvalue weighted by atomic mass is 16.5. The molecule has 104 valence electrons. The lowest BCUT2D eigenvalue weighted by Crippen LogP contribution is -2.13. The Morgan fingerprint density at radius 3 is 2.65 bits per heavy atom. The van der Waals surface area contributed by atoms with Gasteiger partial charge in [-0.05, 0) is 43.8 Å². The number of benzene rings is 2. The first kappa shape index (κ1) is 14.1. The topological polar surface area (TPSA) is 64.3 Å². The fourth-order valence-corrected chi connectivity index (χ4v) is 1.90. The van der Waals surface area contributed by atoms with E-state index in [1.807, 2.05) is 37.4 Å². The van der Waals surface area contributed by atoms with Gasteiger partial charge >= 0.3 is 0 Å². The Labute approximate surface area is 118 Å². The van der Waals surface area contributed by atoms with Crippen molar-refractivity contribution >= 4 is 5.91 Å². The largest absolute Gasteiger partial charge is 0.457 e. The Morgan fingerprint density at radius 2 is 1.95 bits per heavy atom. The zero-order valence-corrected chi connectivity index (χ0v) is 11.6. The first-order chi connectivity index (χ1) is 9.61. The van der Waals surface area contributed by atoms with Crippen LogP contribution in [0.1, 0.15) is 28.9 Å². The smallest absolute Gasteiger partial charge is 0.252 e. The van der Waals surface area contributed by atoms with E-state index in [1.54, 1.807) is 18.2 Å². The van der Waals surface area contributed by atoms with Gasteiger partial charge in [-0.3, -0.25) is 4.79 Å². The molecule has 0 saturated carbocycles. The lowest BCUT2D eigenvalue weighted by Gasteiger charge is -2.13. The molecule has 20 heavy (non-hydrogen) atoms. The third kappa shape index (κ3) is 3.16.